The summed E-state index contributed by atoms with van der Waals surface area (Å²) in [5, 5.41) is 7.79. The monoisotopic (exact) mass is 1050 g/mol. The Balaban J connectivity index is 0.918. The fourth-order valence-electron chi connectivity index (χ4n) is 9.95. The van der Waals surface area contributed by atoms with Crippen molar-refractivity contribution < 1.29 is 40.7 Å². The van der Waals surface area contributed by atoms with Crippen molar-refractivity contribution in [2.45, 2.75) is 47.9 Å². The summed E-state index contributed by atoms with van der Waals surface area (Å²) in [6, 6.07) is 19.8. The standard InChI is InChI=1S/C51H59ClF3N9O6S2/c1-50(49(66)64-19-16-56-17-20-64)13-11-42(35-3-5-38(52)6-4-35)37(32-50)34-62-21-23-63(24-22-62)39-7-9-43(45(30-39)70-40-29-36-12-15-58-47(36)59-33-40)48(65)60-72(67,68)41-8-10-44(46(31-41)71-51(53,54)55)57-14-2-18-61-25-27-69-28-26-61/h3-10,12,15,29-31,33,56-57H,2,11,13-14,16-28,32,34H2,1H3,(H,58,59)(H,60,65). The SMILES string of the molecule is CC1(C(=O)N2CCNCC2)CCC(c2ccc(Cl)cc2)=C(CN2CCN(c3ccc(C(=O)NS(=O)(=O)c4ccc(NCCCN5CCOCC5)c(SC(F)(F)F)c4)c(Oc4cnc5[nH]ccc5c4)c3)CC2)C1. The second kappa shape index (κ2) is 22.4. The van der Waals surface area contributed by atoms with E-state index in [0.29, 0.717) is 94.8 Å². The first-order chi connectivity index (χ1) is 34.6. The third-order valence-electron chi connectivity index (χ3n) is 13.8. The molecule has 0 saturated carbocycles. The van der Waals surface area contributed by atoms with E-state index in [2.05, 4.69) is 59.1 Å². The molecule has 15 nitrogen and oxygen atoms in total. The van der Waals surface area contributed by atoms with Crippen LogP contribution in [0, 0.1) is 5.41 Å². The number of hydrogen-bond acceptors (Lipinski definition) is 13. The van der Waals surface area contributed by atoms with Crippen LogP contribution in [0.3, 0.4) is 0 Å². The highest BCUT2D eigenvalue weighted by Gasteiger charge is 2.41. The number of benzene rings is 3. The molecule has 0 bridgehead atoms. The third-order valence-corrected chi connectivity index (χ3v) is 16.2. The number of morpholine rings is 1. The number of H-pyrrole nitrogens is 1. The van der Waals surface area contributed by atoms with Crippen LogP contribution < -0.4 is 25.0 Å². The summed E-state index contributed by atoms with van der Waals surface area (Å²) in [7, 11) is -4.69. The van der Waals surface area contributed by atoms with Crippen molar-refractivity contribution in [2.24, 2.45) is 5.41 Å². The van der Waals surface area contributed by atoms with E-state index in [4.69, 9.17) is 21.1 Å². The molecule has 3 aliphatic heterocycles. The zero-order chi connectivity index (χ0) is 50.5. The molecule has 1 unspecified atom stereocenters. The number of pyridine rings is 1. The smallest absolute Gasteiger partial charge is 0.446 e. The first-order valence-electron chi connectivity index (χ1n) is 24.3. The van der Waals surface area contributed by atoms with Gasteiger partial charge in [-0.25, -0.2) is 18.1 Å². The maximum absolute atomic E-state index is 14.1. The Morgan fingerprint density at radius 1 is 0.931 bits per heavy atom. The van der Waals surface area contributed by atoms with E-state index in [1.54, 1.807) is 24.4 Å². The number of aromatic amines is 1. The Morgan fingerprint density at radius 3 is 2.44 bits per heavy atom. The molecule has 1 atom stereocenters. The van der Waals surface area contributed by atoms with E-state index in [1.165, 1.54) is 35.5 Å². The Morgan fingerprint density at radius 2 is 1.69 bits per heavy atom. The Bertz CT molecular complexity index is 2890. The highest BCUT2D eigenvalue weighted by Crippen LogP contribution is 2.45. The number of carbonyl (C=O) groups excluding carboxylic acids is 2. The number of fused-ring (bicyclic) bond motifs is 1. The molecule has 9 rings (SSSR count). The summed E-state index contributed by atoms with van der Waals surface area (Å²) < 4.78 is 83.0. The molecule has 4 aliphatic rings. The molecule has 3 saturated heterocycles. The highest BCUT2D eigenvalue weighted by molar-refractivity contribution is 8.00. The lowest BCUT2D eigenvalue weighted by atomic mass is 9.70. The number of nitrogens with one attached hydrogen (secondary N) is 4. The average molecular weight is 1050 g/mol. The Hall–Kier alpha value is -5.35. The van der Waals surface area contributed by atoms with Crippen LogP contribution in [0.2, 0.25) is 5.02 Å². The molecule has 5 heterocycles. The Kier molecular flexibility index (Phi) is 16.0. The van der Waals surface area contributed by atoms with E-state index in [0.717, 1.165) is 68.3 Å². The van der Waals surface area contributed by atoms with E-state index in [1.807, 2.05) is 23.1 Å². The van der Waals surface area contributed by atoms with Gasteiger partial charge >= 0.3 is 5.51 Å². The number of anilines is 2. The molecule has 3 aromatic carbocycles. The van der Waals surface area contributed by atoms with Gasteiger partial charge in [-0.3, -0.25) is 19.4 Å². The largest absolute Gasteiger partial charge is 0.455 e. The van der Waals surface area contributed by atoms with Gasteiger partial charge in [-0.1, -0.05) is 36.2 Å². The normalized spacial score (nSPS) is 19.7. The van der Waals surface area contributed by atoms with Gasteiger partial charge in [0.1, 0.15) is 17.1 Å². The van der Waals surface area contributed by atoms with Gasteiger partial charge < -0.3 is 34.9 Å². The van der Waals surface area contributed by atoms with Crippen molar-refractivity contribution in [1.29, 1.82) is 0 Å². The fraction of sp³-hybridized carbons (Fsp3) is 0.431. The third kappa shape index (κ3) is 12.7. The zero-order valence-electron chi connectivity index (χ0n) is 40.0. The van der Waals surface area contributed by atoms with Crippen LogP contribution in [-0.2, 0) is 19.6 Å². The van der Waals surface area contributed by atoms with Crippen LogP contribution in [-0.4, -0.2) is 149 Å². The lowest BCUT2D eigenvalue weighted by Crippen LogP contribution is -2.52. The number of allylic oxidation sites excluding steroid dienone is 1. The van der Waals surface area contributed by atoms with Crippen molar-refractivity contribution in [1.82, 2.24) is 34.7 Å². The molecular weight excluding hydrogens is 991 g/mol. The second-order valence-electron chi connectivity index (χ2n) is 18.9. The number of piperazine rings is 2. The molecule has 4 N–H and O–H groups in total. The van der Waals surface area contributed by atoms with Gasteiger partial charge in [0.25, 0.3) is 15.9 Å². The number of halogens is 4. The number of hydrogen-bond donors (Lipinski definition) is 4. The van der Waals surface area contributed by atoms with Crippen molar-refractivity contribution in [3.05, 3.63) is 107 Å². The second-order valence-corrected chi connectivity index (χ2v) is 22.1. The van der Waals surface area contributed by atoms with Gasteiger partial charge in [-0.05, 0) is 110 Å². The van der Waals surface area contributed by atoms with E-state index >= 15 is 0 Å². The summed E-state index contributed by atoms with van der Waals surface area (Å²) in [5.74, 6) is -0.479. The van der Waals surface area contributed by atoms with Gasteiger partial charge in [-0.2, -0.15) is 13.2 Å². The van der Waals surface area contributed by atoms with Crippen LogP contribution >= 0.6 is 23.4 Å². The number of nitrogens with zero attached hydrogens (tertiary/aromatic N) is 5. The molecule has 1 aliphatic carbocycles. The molecule has 72 heavy (non-hydrogen) atoms. The van der Waals surface area contributed by atoms with Crippen LogP contribution in [0.25, 0.3) is 16.6 Å². The topological polar surface area (TPSA) is 164 Å². The van der Waals surface area contributed by atoms with Crippen LogP contribution in [0.5, 0.6) is 11.5 Å². The summed E-state index contributed by atoms with van der Waals surface area (Å²) in [6.07, 6.45) is 6.06. The number of amides is 2. The highest BCUT2D eigenvalue weighted by atomic mass is 35.5. The number of thioether (sulfide) groups is 1. The summed E-state index contributed by atoms with van der Waals surface area (Å²) in [4.78, 5) is 43.5. The maximum Gasteiger partial charge on any atom is 0.446 e. The molecule has 2 aromatic heterocycles. The fourth-order valence-corrected chi connectivity index (χ4v) is 11.8. The lowest BCUT2D eigenvalue weighted by molar-refractivity contribution is -0.142. The predicted octanol–water partition coefficient (Wildman–Crippen LogP) is 8.07. The quantitative estimate of drug-likeness (QED) is 0.0555. The van der Waals surface area contributed by atoms with E-state index < -0.39 is 43.5 Å². The number of alkyl halides is 3. The lowest BCUT2D eigenvalue weighted by Gasteiger charge is -2.42. The molecule has 0 spiro atoms. The van der Waals surface area contributed by atoms with Crippen molar-refractivity contribution in [2.75, 3.05) is 109 Å². The van der Waals surface area contributed by atoms with Gasteiger partial charge in [0.2, 0.25) is 5.91 Å². The number of ether oxygens (including phenoxy) is 2. The molecule has 0 radical (unpaired) electrons. The maximum atomic E-state index is 14.1. The number of aromatic nitrogens is 2. The first-order valence-corrected chi connectivity index (χ1v) is 27.0. The number of carbonyl (C=O) groups is 2. The minimum atomic E-state index is -4.71. The average Bonchev–Trinajstić information content (AvgIpc) is 3.84. The number of rotatable bonds is 16. The minimum absolute atomic E-state index is 0.0534. The summed E-state index contributed by atoms with van der Waals surface area (Å²) >= 11 is 5.87. The molecule has 5 aromatic rings. The van der Waals surface area contributed by atoms with E-state index in [9.17, 15) is 31.2 Å². The van der Waals surface area contributed by atoms with Gasteiger partial charge in [0, 0.05) is 117 Å². The van der Waals surface area contributed by atoms with Crippen molar-refractivity contribution >= 4 is 73.2 Å². The molecule has 384 valence electrons. The molecule has 21 heteroatoms. The summed E-state index contributed by atoms with van der Waals surface area (Å²) in [6.45, 7) is 12.3. The van der Waals surface area contributed by atoms with Crippen molar-refractivity contribution in [3.8, 4) is 11.5 Å². The zero-order valence-corrected chi connectivity index (χ0v) is 42.4. The predicted molar refractivity (Wildman–Crippen MR) is 274 cm³/mol. The minimum Gasteiger partial charge on any atom is -0.455 e. The molecule has 3 fully saturated rings. The van der Waals surface area contributed by atoms with Crippen LogP contribution in [0.1, 0.15) is 48.5 Å². The van der Waals surface area contributed by atoms with E-state index in [-0.39, 0.29) is 27.8 Å². The number of sulfonamides is 1. The van der Waals surface area contributed by atoms with Gasteiger partial charge in [0.05, 0.1) is 35.3 Å². The van der Waals surface area contributed by atoms with Crippen LogP contribution in [0.15, 0.2) is 101 Å². The molecular formula is C51H59ClF3N9O6S2. The van der Waals surface area contributed by atoms with Crippen LogP contribution in [0.4, 0.5) is 24.5 Å². The Labute approximate surface area is 426 Å². The van der Waals surface area contributed by atoms with Crippen molar-refractivity contribution in [3.63, 3.8) is 0 Å². The summed E-state index contributed by atoms with van der Waals surface area (Å²) in [5.41, 5.74) is -0.255. The molecule has 2 amide bonds. The van der Waals surface area contributed by atoms with Gasteiger partial charge in [0.15, 0.2) is 0 Å². The first kappa shape index (κ1) is 51.5. The van der Waals surface area contributed by atoms with Gasteiger partial charge in [-0.15, -0.1) is 0 Å².